The second kappa shape index (κ2) is 11.5. The van der Waals surface area contributed by atoms with Gasteiger partial charge in [-0.3, -0.25) is 4.79 Å². The van der Waals surface area contributed by atoms with Crippen molar-refractivity contribution in [1.82, 2.24) is 25.6 Å². The molecule has 8 nitrogen and oxygen atoms in total. The summed E-state index contributed by atoms with van der Waals surface area (Å²) < 4.78 is 5.28. The number of methoxy groups -OCH3 is 1. The third-order valence-corrected chi connectivity index (χ3v) is 6.34. The Morgan fingerprint density at radius 1 is 1.09 bits per heavy atom. The van der Waals surface area contributed by atoms with Crippen LogP contribution >= 0.6 is 0 Å². The zero-order chi connectivity index (χ0) is 22.9. The number of nitrogens with one attached hydrogen (secondary N) is 1. The highest BCUT2D eigenvalue weighted by Gasteiger charge is 2.27. The molecule has 174 valence electrons. The van der Waals surface area contributed by atoms with Crippen molar-refractivity contribution in [3.8, 4) is 17.0 Å². The Bertz CT molecular complexity index is 1020. The van der Waals surface area contributed by atoms with Gasteiger partial charge < -0.3 is 9.64 Å². The lowest BCUT2D eigenvalue weighted by atomic mass is 9.88. The van der Waals surface area contributed by atoms with Crippen LogP contribution in [-0.4, -0.2) is 45.2 Å². The van der Waals surface area contributed by atoms with Crippen molar-refractivity contribution in [1.29, 1.82) is 0 Å². The molecule has 0 radical (unpaired) electrons. The summed E-state index contributed by atoms with van der Waals surface area (Å²) in [5.41, 5.74) is 3.03. The molecule has 2 aromatic heterocycles. The molecule has 1 fully saturated rings. The number of benzene rings is 1. The summed E-state index contributed by atoms with van der Waals surface area (Å²) in [6, 6.07) is 12.1. The molecular formula is C25H32N6O2. The third-order valence-electron chi connectivity index (χ3n) is 6.34. The molecular weight excluding hydrogens is 416 g/mol. The van der Waals surface area contributed by atoms with Crippen molar-refractivity contribution >= 4 is 11.6 Å². The van der Waals surface area contributed by atoms with Crippen molar-refractivity contribution in [3.63, 3.8) is 0 Å². The fourth-order valence-corrected chi connectivity index (χ4v) is 4.51. The molecule has 1 aliphatic carbocycles. The van der Waals surface area contributed by atoms with Crippen molar-refractivity contribution in [2.24, 2.45) is 5.92 Å². The van der Waals surface area contributed by atoms with Crippen LogP contribution in [0.5, 0.6) is 5.88 Å². The first-order chi connectivity index (χ1) is 16.2. The van der Waals surface area contributed by atoms with Crippen LogP contribution in [0.25, 0.3) is 11.1 Å². The number of aryl methyl sites for hydroxylation is 1. The van der Waals surface area contributed by atoms with E-state index in [1.165, 1.54) is 6.42 Å². The average Bonchev–Trinajstić information content (AvgIpc) is 3.40. The maximum absolute atomic E-state index is 13.6. The highest BCUT2D eigenvalue weighted by atomic mass is 16.5. The Hall–Kier alpha value is -3.29. The number of hydrogen-bond donors (Lipinski definition) is 1. The van der Waals surface area contributed by atoms with E-state index in [-0.39, 0.29) is 11.8 Å². The molecule has 1 N–H and O–H groups in total. The van der Waals surface area contributed by atoms with E-state index in [1.807, 2.05) is 29.2 Å². The van der Waals surface area contributed by atoms with Gasteiger partial charge in [-0.25, -0.2) is 10.1 Å². The molecule has 0 unspecified atom stereocenters. The van der Waals surface area contributed by atoms with Gasteiger partial charge in [0.25, 0.3) is 0 Å². The highest BCUT2D eigenvalue weighted by Crippen LogP contribution is 2.31. The van der Waals surface area contributed by atoms with Gasteiger partial charge in [-0.15, -0.1) is 5.10 Å². The van der Waals surface area contributed by atoms with E-state index in [9.17, 15) is 4.79 Å². The minimum atomic E-state index is 0.128. The number of amides is 1. The number of unbranched alkanes of at least 4 members (excludes halogenated alkanes) is 2. The Kier molecular flexibility index (Phi) is 8.00. The van der Waals surface area contributed by atoms with Gasteiger partial charge in [0.1, 0.15) is 5.82 Å². The van der Waals surface area contributed by atoms with Gasteiger partial charge in [0.05, 0.1) is 7.11 Å². The smallest absolute Gasteiger partial charge is 0.230 e. The Morgan fingerprint density at radius 3 is 2.73 bits per heavy atom. The topological polar surface area (TPSA) is 96.9 Å². The van der Waals surface area contributed by atoms with Crippen LogP contribution in [0, 0.1) is 5.92 Å². The Labute approximate surface area is 194 Å². The Morgan fingerprint density at radius 2 is 1.94 bits per heavy atom. The van der Waals surface area contributed by atoms with E-state index in [1.54, 1.807) is 13.3 Å². The monoisotopic (exact) mass is 448 g/mol. The van der Waals surface area contributed by atoms with Crippen LogP contribution in [0.3, 0.4) is 0 Å². The quantitative estimate of drug-likeness (QED) is 0.456. The van der Waals surface area contributed by atoms with Gasteiger partial charge in [0.2, 0.25) is 11.8 Å². The largest absolute Gasteiger partial charge is 0.481 e. The van der Waals surface area contributed by atoms with Crippen LogP contribution in [0.15, 0.2) is 42.6 Å². The lowest BCUT2D eigenvalue weighted by Crippen LogP contribution is -2.38. The lowest BCUT2D eigenvalue weighted by molar-refractivity contribution is -0.123. The summed E-state index contributed by atoms with van der Waals surface area (Å²) in [4.78, 5) is 19.8. The Balaban J connectivity index is 1.48. The number of nitrogens with zero attached hydrogens (tertiary/aromatic N) is 5. The minimum Gasteiger partial charge on any atom is -0.481 e. The molecule has 1 saturated carbocycles. The molecule has 0 atom stereocenters. The number of tetrazole rings is 1. The van der Waals surface area contributed by atoms with Gasteiger partial charge in [0.15, 0.2) is 0 Å². The molecule has 0 aliphatic heterocycles. The number of pyridine rings is 1. The van der Waals surface area contributed by atoms with E-state index < -0.39 is 0 Å². The maximum atomic E-state index is 13.6. The molecule has 1 aromatic carbocycles. The second-order valence-corrected chi connectivity index (χ2v) is 8.62. The number of rotatable bonds is 10. The number of carbonyl (C=O) groups is 1. The highest BCUT2D eigenvalue weighted by molar-refractivity contribution is 5.95. The maximum Gasteiger partial charge on any atom is 0.230 e. The molecule has 33 heavy (non-hydrogen) atoms. The number of ether oxygens (including phenoxy) is 1. The standard InChI is InChI=1S/C25H32N6O2/c1-33-24-18-21(14-15-26-24)20-11-8-12-22(17-20)31(25(32)19-9-4-2-5-10-19)16-7-3-6-13-23-27-29-30-28-23/h8,11-12,14-15,17-19H,2-7,9-10,13,16H2,1H3,(H,27,28,29,30). The third kappa shape index (κ3) is 6.15. The second-order valence-electron chi connectivity index (χ2n) is 8.62. The summed E-state index contributed by atoms with van der Waals surface area (Å²) in [5.74, 6) is 1.78. The summed E-state index contributed by atoms with van der Waals surface area (Å²) >= 11 is 0. The fraction of sp³-hybridized carbons (Fsp3) is 0.480. The average molecular weight is 449 g/mol. The van der Waals surface area contributed by atoms with Crippen LogP contribution in [0.2, 0.25) is 0 Å². The van der Waals surface area contributed by atoms with E-state index in [2.05, 4.69) is 37.7 Å². The first-order valence-electron chi connectivity index (χ1n) is 11.9. The van der Waals surface area contributed by atoms with E-state index in [4.69, 9.17) is 4.74 Å². The normalized spacial score (nSPS) is 14.2. The summed E-state index contributed by atoms with van der Waals surface area (Å²) in [6.07, 6.45) is 11.0. The number of anilines is 1. The molecule has 0 bridgehead atoms. The molecule has 2 heterocycles. The van der Waals surface area contributed by atoms with Gasteiger partial charge in [-0.1, -0.05) is 37.8 Å². The number of hydrogen-bond acceptors (Lipinski definition) is 6. The van der Waals surface area contributed by atoms with E-state index in [0.717, 1.165) is 74.0 Å². The van der Waals surface area contributed by atoms with Crippen molar-refractivity contribution < 1.29 is 9.53 Å². The summed E-state index contributed by atoms with van der Waals surface area (Å²) in [5, 5.41) is 14.0. The van der Waals surface area contributed by atoms with Crippen LogP contribution in [-0.2, 0) is 11.2 Å². The molecule has 0 saturated heterocycles. The summed E-state index contributed by atoms with van der Waals surface area (Å²) in [7, 11) is 1.62. The number of carbonyl (C=O) groups excluding carboxylic acids is 1. The molecule has 3 aromatic rings. The zero-order valence-electron chi connectivity index (χ0n) is 19.2. The van der Waals surface area contributed by atoms with Crippen LogP contribution in [0.4, 0.5) is 5.69 Å². The molecule has 8 heteroatoms. The van der Waals surface area contributed by atoms with Gasteiger partial charge >= 0.3 is 0 Å². The van der Waals surface area contributed by atoms with Crippen molar-refractivity contribution in [3.05, 3.63) is 48.4 Å². The molecule has 4 rings (SSSR count). The van der Waals surface area contributed by atoms with E-state index in [0.29, 0.717) is 12.4 Å². The number of H-pyrrole nitrogens is 1. The van der Waals surface area contributed by atoms with Gasteiger partial charge in [-0.05, 0) is 65.4 Å². The first-order valence-corrected chi connectivity index (χ1v) is 11.9. The van der Waals surface area contributed by atoms with Crippen molar-refractivity contribution in [2.45, 2.75) is 57.8 Å². The first kappa shape index (κ1) is 22.9. The molecule has 0 spiro atoms. The lowest BCUT2D eigenvalue weighted by Gasteiger charge is -2.30. The SMILES string of the molecule is COc1cc(-c2cccc(N(CCCCCc3nnn[nH]3)C(=O)C3CCCCC3)c2)ccn1. The van der Waals surface area contributed by atoms with Crippen LogP contribution < -0.4 is 9.64 Å². The van der Waals surface area contributed by atoms with Gasteiger partial charge in [-0.2, -0.15) is 0 Å². The predicted octanol–water partition coefficient (Wildman–Crippen LogP) is 4.60. The predicted molar refractivity (Wildman–Crippen MR) is 127 cm³/mol. The number of aromatic nitrogens is 5. The zero-order valence-corrected chi connectivity index (χ0v) is 19.2. The van der Waals surface area contributed by atoms with Gasteiger partial charge in [0, 0.05) is 36.8 Å². The van der Waals surface area contributed by atoms with Crippen LogP contribution in [0.1, 0.15) is 57.2 Å². The van der Waals surface area contributed by atoms with E-state index >= 15 is 0 Å². The summed E-state index contributed by atoms with van der Waals surface area (Å²) in [6.45, 7) is 0.715. The molecule has 1 aliphatic rings. The van der Waals surface area contributed by atoms with Crippen molar-refractivity contribution in [2.75, 3.05) is 18.6 Å². The fourth-order valence-electron chi connectivity index (χ4n) is 4.51. The number of aromatic amines is 1. The minimum absolute atomic E-state index is 0.128. The molecule has 1 amide bonds.